The summed E-state index contributed by atoms with van der Waals surface area (Å²) in [6, 6.07) is 8.08. The molecule has 0 aliphatic rings. The number of nitrogens with one attached hydrogen (secondary N) is 2. The van der Waals surface area contributed by atoms with Gasteiger partial charge >= 0.3 is 0 Å². The number of carbonyl (C=O) groups excluding carboxylic acids is 3. The number of carboxylic acid groups (broad SMARTS) is 1. The fourth-order valence-corrected chi connectivity index (χ4v) is 2.07. The molecule has 0 bridgehead atoms. The van der Waals surface area contributed by atoms with Gasteiger partial charge in [0.1, 0.15) is 6.04 Å². The first-order valence-electron chi connectivity index (χ1n) is 7.46. The fraction of sp³-hybridized carbons (Fsp3) is 0.438. The predicted octanol–water partition coefficient (Wildman–Crippen LogP) is -2.15. The Labute approximate surface area is 135 Å². The van der Waals surface area contributed by atoms with E-state index in [-0.39, 0.29) is 11.8 Å². The van der Waals surface area contributed by atoms with Crippen LogP contribution in [0.5, 0.6) is 0 Å². The van der Waals surface area contributed by atoms with Crippen molar-refractivity contribution in [2.75, 3.05) is 6.54 Å². The van der Waals surface area contributed by atoms with Gasteiger partial charge in [-0.2, -0.15) is 0 Å². The van der Waals surface area contributed by atoms with Crippen LogP contribution in [0.15, 0.2) is 30.3 Å². The van der Waals surface area contributed by atoms with Crippen LogP contribution in [-0.2, 0) is 20.8 Å². The Bertz CT molecular complexity index is 546. The molecule has 0 aliphatic carbocycles. The summed E-state index contributed by atoms with van der Waals surface area (Å²) in [5.74, 6) is -2.48. The third-order valence-corrected chi connectivity index (χ3v) is 3.35. The molecule has 7 nitrogen and oxygen atoms in total. The summed E-state index contributed by atoms with van der Waals surface area (Å²) >= 11 is 0. The molecule has 0 spiro atoms. The molecule has 2 atom stereocenters. The standard InChI is InChI=1S/C16H23N3O4/c1-10(2)14(16(23)18-9-13(20)21)19-15(22)12(17)8-11-6-4-3-5-7-11/h3-7,10,12,14H,8-9,17H2,1-2H3,(H,18,23)(H,19,22)(H,20,21). The quantitative estimate of drug-likeness (QED) is 0.504. The van der Waals surface area contributed by atoms with Gasteiger partial charge in [0, 0.05) is 6.42 Å². The third-order valence-electron chi connectivity index (χ3n) is 3.35. The lowest BCUT2D eigenvalue weighted by atomic mass is 10.0. The first kappa shape index (κ1) is 18.6. The minimum absolute atomic E-state index is 0.190. The van der Waals surface area contributed by atoms with Crippen LogP contribution in [0.25, 0.3) is 0 Å². The summed E-state index contributed by atoms with van der Waals surface area (Å²) < 4.78 is 0. The first-order valence-corrected chi connectivity index (χ1v) is 7.46. The zero-order valence-corrected chi connectivity index (χ0v) is 13.4. The molecule has 0 saturated heterocycles. The maximum absolute atomic E-state index is 12.2. The van der Waals surface area contributed by atoms with Gasteiger partial charge in [0.2, 0.25) is 5.91 Å². The van der Waals surface area contributed by atoms with Crippen LogP contribution >= 0.6 is 0 Å². The van der Waals surface area contributed by atoms with E-state index < -0.39 is 30.5 Å². The molecule has 126 valence electrons. The number of carboxylic acids is 1. The summed E-state index contributed by atoms with van der Waals surface area (Å²) in [7, 11) is 0. The van der Waals surface area contributed by atoms with Crippen LogP contribution < -0.4 is 21.5 Å². The summed E-state index contributed by atoms with van der Waals surface area (Å²) in [6.07, 6.45) is 0.457. The Morgan fingerprint density at radius 2 is 1.74 bits per heavy atom. The van der Waals surface area contributed by atoms with Gasteiger partial charge in [0.25, 0.3) is 5.91 Å². The predicted molar refractivity (Wildman–Crippen MR) is 81.6 cm³/mol. The largest absolute Gasteiger partial charge is 0.548 e. The second-order valence-corrected chi connectivity index (χ2v) is 5.71. The second-order valence-electron chi connectivity index (χ2n) is 5.71. The molecule has 0 fully saturated rings. The average Bonchev–Trinajstić information content (AvgIpc) is 2.50. The molecule has 2 amide bonds. The van der Waals surface area contributed by atoms with Crippen molar-refractivity contribution >= 4 is 17.8 Å². The zero-order valence-electron chi connectivity index (χ0n) is 13.4. The Morgan fingerprint density at radius 3 is 2.26 bits per heavy atom. The van der Waals surface area contributed by atoms with E-state index in [0.29, 0.717) is 6.42 Å². The highest BCUT2D eigenvalue weighted by atomic mass is 16.4. The summed E-state index contributed by atoms with van der Waals surface area (Å²) in [5, 5.41) is 15.3. The van der Waals surface area contributed by atoms with E-state index in [1.165, 1.54) is 0 Å². The van der Waals surface area contributed by atoms with E-state index in [0.717, 1.165) is 5.56 Å². The van der Waals surface area contributed by atoms with E-state index in [1.807, 2.05) is 30.3 Å². The molecular formula is C16H23N3O4. The molecule has 0 aliphatic heterocycles. The molecule has 23 heavy (non-hydrogen) atoms. The van der Waals surface area contributed by atoms with Crippen LogP contribution in [0.2, 0.25) is 0 Å². The molecular weight excluding hydrogens is 298 g/mol. The van der Waals surface area contributed by atoms with Gasteiger partial charge in [-0.05, 0) is 11.5 Å². The van der Waals surface area contributed by atoms with Crippen molar-refractivity contribution in [2.24, 2.45) is 5.92 Å². The molecule has 1 rings (SSSR count). The number of benzene rings is 1. The molecule has 7 heteroatoms. The van der Waals surface area contributed by atoms with Gasteiger partial charge in [-0.3, -0.25) is 9.59 Å². The minimum atomic E-state index is -1.38. The molecule has 2 unspecified atom stereocenters. The van der Waals surface area contributed by atoms with Crippen LogP contribution in [0.4, 0.5) is 0 Å². The van der Waals surface area contributed by atoms with Crippen molar-refractivity contribution < 1.29 is 25.2 Å². The lowest BCUT2D eigenvalue weighted by Crippen LogP contribution is -2.70. The first-order chi connectivity index (χ1) is 10.8. The van der Waals surface area contributed by atoms with E-state index in [9.17, 15) is 19.5 Å². The van der Waals surface area contributed by atoms with Gasteiger partial charge in [-0.25, -0.2) is 0 Å². The molecule has 0 radical (unpaired) electrons. The second kappa shape index (κ2) is 8.89. The highest BCUT2D eigenvalue weighted by molar-refractivity contribution is 5.90. The summed E-state index contributed by atoms with van der Waals surface area (Å²) in [6.45, 7) is 2.94. The Balaban J connectivity index is 2.62. The van der Waals surface area contributed by atoms with Crippen molar-refractivity contribution in [1.29, 1.82) is 0 Å². The molecule has 0 saturated carbocycles. The van der Waals surface area contributed by atoms with Gasteiger partial charge in [-0.1, -0.05) is 44.2 Å². The third kappa shape index (κ3) is 6.48. The number of amides is 2. The maximum atomic E-state index is 12.2. The topological polar surface area (TPSA) is 126 Å². The Kier molecular flexibility index (Phi) is 7.21. The van der Waals surface area contributed by atoms with Crippen molar-refractivity contribution in [2.45, 2.75) is 32.4 Å². The zero-order chi connectivity index (χ0) is 17.4. The monoisotopic (exact) mass is 321 g/mol. The Hall–Kier alpha value is -2.41. The number of hydrogen-bond donors (Lipinski definition) is 3. The fourth-order valence-electron chi connectivity index (χ4n) is 2.07. The van der Waals surface area contributed by atoms with E-state index >= 15 is 0 Å². The lowest BCUT2D eigenvalue weighted by molar-refractivity contribution is -0.403. The summed E-state index contributed by atoms with van der Waals surface area (Å²) in [4.78, 5) is 34.6. The van der Waals surface area contributed by atoms with E-state index in [1.54, 1.807) is 13.8 Å². The van der Waals surface area contributed by atoms with Gasteiger partial charge in [0.15, 0.2) is 6.04 Å². The van der Waals surface area contributed by atoms with Crippen LogP contribution in [0, 0.1) is 5.92 Å². The number of rotatable bonds is 8. The molecule has 1 aromatic carbocycles. The van der Waals surface area contributed by atoms with Crippen molar-refractivity contribution in [3.8, 4) is 0 Å². The van der Waals surface area contributed by atoms with Gasteiger partial charge in [0.05, 0.1) is 12.5 Å². The SMILES string of the molecule is CC(C)C(NC(=O)C([NH3+])Cc1ccccc1)C(=O)NCC(=O)[O-]. The number of aliphatic carboxylic acids is 1. The van der Waals surface area contributed by atoms with Gasteiger partial charge in [-0.15, -0.1) is 0 Å². The minimum Gasteiger partial charge on any atom is -0.548 e. The Morgan fingerprint density at radius 1 is 1.13 bits per heavy atom. The summed E-state index contributed by atoms with van der Waals surface area (Å²) in [5.41, 5.74) is 4.81. The molecule has 1 aromatic rings. The molecule has 0 heterocycles. The van der Waals surface area contributed by atoms with Crippen molar-refractivity contribution in [3.05, 3.63) is 35.9 Å². The molecule has 5 N–H and O–H groups in total. The lowest BCUT2D eigenvalue weighted by Gasteiger charge is -2.22. The highest BCUT2D eigenvalue weighted by Gasteiger charge is 2.27. The maximum Gasteiger partial charge on any atom is 0.279 e. The van der Waals surface area contributed by atoms with Crippen molar-refractivity contribution in [3.63, 3.8) is 0 Å². The van der Waals surface area contributed by atoms with Crippen LogP contribution in [-0.4, -0.2) is 36.4 Å². The molecule has 0 aromatic heterocycles. The van der Waals surface area contributed by atoms with E-state index in [4.69, 9.17) is 0 Å². The van der Waals surface area contributed by atoms with Gasteiger partial charge < -0.3 is 26.3 Å². The average molecular weight is 321 g/mol. The normalized spacial score (nSPS) is 13.2. The number of carbonyl (C=O) groups is 3. The number of hydrogen-bond acceptors (Lipinski definition) is 4. The van der Waals surface area contributed by atoms with E-state index in [2.05, 4.69) is 16.4 Å². The van der Waals surface area contributed by atoms with Crippen molar-refractivity contribution in [1.82, 2.24) is 10.6 Å². The van der Waals surface area contributed by atoms with Crippen LogP contribution in [0.3, 0.4) is 0 Å². The van der Waals surface area contributed by atoms with Crippen LogP contribution in [0.1, 0.15) is 19.4 Å². The highest BCUT2D eigenvalue weighted by Crippen LogP contribution is 2.04. The smallest absolute Gasteiger partial charge is 0.279 e. The number of quaternary nitrogens is 1.